The lowest BCUT2D eigenvalue weighted by atomic mass is 10.2. The molecule has 2 heterocycles. The van der Waals surface area contributed by atoms with Gasteiger partial charge in [-0.15, -0.1) is 0 Å². The molecule has 1 aliphatic rings. The monoisotopic (exact) mass is 235 g/mol. The molecule has 0 unspecified atom stereocenters. The average molecular weight is 235 g/mol. The number of aromatic nitrogens is 2. The van der Waals surface area contributed by atoms with Crippen molar-refractivity contribution in [3.8, 4) is 0 Å². The van der Waals surface area contributed by atoms with Crippen molar-refractivity contribution in [2.45, 2.75) is 13.8 Å². The molecular formula is C12H21N5. The minimum atomic E-state index is 0.532. The van der Waals surface area contributed by atoms with Crippen molar-refractivity contribution in [2.75, 3.05) is 43.4 Å². The number of rotatable bonds is 3. The van der Waals surface area contributed by atoms with Crippen LogP contribution in [0.3, 0.4) is 0 Å². The Bertz CT molecular complexity index is 358. The van der Waals surface area contributed by atoms with E-state index in [0.717, 1.165) is 37.9 Å². The normalized spacial score (nSPS) is 17.7. The van der Waals surface area contributed by atoms with Gasteiger partial charge < -0.3 is 10.6 Å². The molecule has 5 heteroatoms. The number of nitrogens with zero attached hydrogens (tertiary/aromatic N) is 4. The van der Waals surface area contributed by atoms with E-state index < -0.39 is 0 Å². The Morgan fingerprint density at radius 1 is 1.18 bits per heavy atom. The third-order valence-electron chi connectivity index (χ3n) is 3.00. The van der Waals surface area contributed by atoms with E-state index in [1.807, 2.05) is 0 Å². The van der Waals surface area contributed by atoms with Gasteiger partial charge in [-0.2, -0.15) is 0 Å². The van der Waals surface area contributed by atoms with Crippen LogP contribution in [0, 0.1) is 5.92 Å². The Balaban J connectivity index is 1.93. The SMILES string of the molecule is CC(C)CN1CCN(c2nccnc2N)CC1. The summed E-state index contributed by atoms with van der Waals surface area (Å²) in [7, 11) is 0. The molecule has 94 valence electrons. The molecule has 0 saturated carbocycles. The van der Waals surface area contributed by atoms with Crippen LogP contribution in [0.2, 0.25) is 0 Å². The molecule has 2 N–H and O–H groups in total. The first-order chi connectivity index (χ1) is 8.16. The van der Waals surface area contributed by atoms with Crippen LogP contribution in [0.4, 0.5) is 11.6 Å². The lowest BCUT2D eigenvalue weighted by Gasteiger charge is -2.36. The summed E-state index contributed by atoms with van der Waals surface area (Å²) in [6.07, 6.45) is 3.33. The summed E-state index contributed by atoms with van der Waals surface area (Å²) in [6.45, 7) is 9.80. The second-order valence-electron chi connectivity index (χ2n) is 4.95. The van der Waals surface area contributed by atoms with Crippen LogP contribution in [0.25, 0.3) is 0 Å². The van der Waals surface area contributed by atoms with Gasteiger partial charge in [-0.05, 0) is 5.92 Å². The zero-order valence-electron chi connectivity index (χ0n) is 10.6. The molecule has 0 aromatic carbocycles. The van der Waals surface area contributed by atoms with Crippen molar-refractivity contribution in [2.24, 2.45) is 5.92 Å². The molecule has 0 aliphatic carbocycles. The molecule has 1 aromatic rings. The van der Waals surface area contributed by atoms with Gasteiger partial charge in [0.05, 0.1) is 0 Å². The molecular weight excluding hydrogens is 214 g/mol. The van der Waals surface area contributed by atoms with E-state index in [4.69, 9.17) is 5.73 Å². The Morgan fingerprint density at radius 3 is 2.41 bits per heavy atom. The summed E-state index contributed by atoms with van der Waals surface area (Å²) < 4.78 is 0. The van der Waals surface area contributed by atoms with Crippen LogP contribution >= 0.6 is 0 Å². The van der Waals surface area contributed by atoms with Gasteiger partial charge in [0.15, 0.2) is 11.6 Å². The van der Waals surface area contributed by atoms with Crippen molar-refractivity contribution >= 4 is 11.6 Å². The number of hydrogen-bond acceptors (Lipinski definition) is 5. The van der Waals surface area contributed by atoms with Crippen molar-refractivity contribution < 1.29 is 0 Å². The second-order valence-corrected chi connectivity index (χ2v) is 4.95. The summed E-state index contributed by atoms with van der Waals surface area (Å²) in [5.74, 6) is 2.09. The molecule has 2 rings (SSSR count). The fourth-order valence-corrected chi connectivity index (χ4v) is 2.24. The Labute approximate surface area is 103 Å². The maximum absolute atomic E-state index is 5.84. The average Bonchev–Trinajstić information content (AvgIpc) is 2.30. The van der Waals surface area contributed by atoms with Crippen molar-refractivity contribution in [1.82, 2.24) is 14.9 Å². The van der Waals surface area contributed by atoms with E-state index in [-0.39, 0.29) is 0 Å². The van der Waals surface area contributed by atoms with Gasteiger partial charge in [0.25, 0.3) is 0 Å². The molecule has 17 heavy (non-hydrogen) atoms. The minimum Gasteiger partial charge on any atom is -0.381 e. The van der Waals surface area contributed by atoms with Crippen molar-refractivity contribution in [3.63, 3.8) is 0 Å². The summed E-state index contributed by atoms with van der Waals surface area (Å²) in [5, 5.41) is 0. The fraction of sp³-hybridized carbons (Fsp3) is 0.667. The predicted octanol–water partition coefficient (Wildman–Crippen LogP) is 0.837. The number of nitrogen functional groups attached to an aromatic ring is 1. The molecule has 1 aromatic heterocycles. The smallest absolute Gasteiger partial charge is 0.171 e. The minimum absolute atomic E-state index is 0.532. The highest BCUT2D eigenvalue weighted by Gasteiger charge is 2.20. The Hall–Kier alpha value is -1.36. The van der Waals surface area contributed by atoms with Gasteiger partial charge in [-0.1, -0.05) is 13.8 Å². The molecule has 1 aliphatic heterocycles. The zero-order chi connectivity index (χ0) is 12.3. The van der Waals surface area contributed by atoms with Crippen LogP contribution in [-0.2, 0) is 0 Å². The number of hydrogen-bond donors (Lipinski definition) is 1. The van der Waals surface area contributed by atoms with Crippen LogP contribution in [0.5, 0.6) is 0 Å². The van der Waals surface area contributed by atoms with E-state index >= 15 is 0 Å². The van der Waals surface area contributed by atoms with Crippen LogP contribution < -0.4 is 10.6 Å². The summed E-state index contributed by atoms with van der Waals surface area (Å²) in [6, 6.07) is 0. The van der Waals surface area contributed by atoms with E-state index in [1.54, 1.807) is 12.4 Å². The van der Waals surface area contributed by atoms with E-state index in [0.29, 0.717) is 5.82 Å². The number of piperazine rings is 1. The summed E-state index contributed by atoms with van der Waals surface area (Å²) >= 11 is 0. The van der Waals surface area contributed by atoms with Gasteiger partial charge >= 0.3 is 0 Å². The first-order valence-corrected chi connectivity index (χ1v) is 6.20. The number of anilines is 2. The molecule has 0 bridgehead atoms. The largest absolute Gasteiger partial charge is 0.381 e. The zero-order valence-corrected chi connectivity index (χ0v) is 10.6. The maximum atomic E-state index is 5.84. The summed E-state index contributed by atoms with van der Waals surface area (Å²) in [5.41, 5.74) is 5.84. The topological polar surface area (TPSA) is 58.3 Å². The highest BCUT2D eigenvalue weighted by atomic mass is 15.3. The lowest BCUT2D eigenvalue weighted by molar-refractivity contribution is 0.231. The first kappa shape index (κ1) is 12.1. The molecule has 0 spiro atoms. The highest BCUT2D eigenvalue weighted by Crippen LogP contribution is 2.18. The molecule has 0 amide bonds. The molecule has 1 fully saturated rings. The van der Waals surface area contributed by atoms with Crippen LogP contribution in [0.1, 0.15) is 13.8 Å². The second kappa shape index (κ2) is 5.31. The predicted molar refractivity (Wildman–Crippen MR) is 69.9 cm³/mol. The van der Waals surface area contributed by atoms with E-state index in [9.17, 15) is 0 Å². The number of nitrogens with two attached hydrogens (primary N) is 1. The Morgan fingerprint density at radius 2 is 1.82 bits per heavy atom. The summed E-state index contributed by atoms with van der Waals surface area (Å²) in [4.78, 5) is 13.1. The standard InChI is InChI=1S/C12H21N5/c1-10(2)9-16-5-7-17(8-6-16)12-11(13)14-3-4-15-12/h3-4,10H,5-9H2,1-2H3,(H2,13,14). The van der Waals surface area contributed by atoms with E-state index in [1.165, 1.54) is 6.54 Å². The molecule has 0 radical (unpaired) electrons. The first-order valence-electron chi connectivity index (χ1n) is 6.20. The van der Waals surface area contributed by atoms with E-state index in [2.05, 4.69) is 33.6 Å². The van der Waals surface area contributed by atoms with Gasteiger partial charge in [0.2, 0.25) is 0 Å². The van der Waals surface area contributed by atoms with Crippen LogP contribution in [-0.4, -0.2) is 47.6 Å². The van der Waals surface area contributed by atoms with Gasteiger partial charge in [0, 0.05) is 45.1 Å². The molecule has 0 atom stereocenters. The van der Waals surface area contributed by atoms with Crippen molar-refractivity contribution in [3.05, 3.63) is 12.4 Å². The van der Waals surface area contributed by atoms with Gasteiger partial charge in [0.1, 0.15) is 0 Å². The van der Waals surface area contributed by atoms with Gasteiger partial charge in [-0.3, -0.25) is 4.90 Å². The lowest BCUT2D eigenvalue weighted by Crippen LogP contribution is -2.47. The fourth-order valence-electron chi connectivity index (χ4n) is 2.24. The quantitative estimate of drug-likeness (QED) is 0.841. The third-order valence-corrected chi connectivity index (χ3v) is 3.00. The third kappa shape index (κ3) is 3.06. The highest BCUT2D eigenvalue weighted by molar-refractivity contribution is 5.57. The van der Waals surface area contributed by atoms with Crippen molar-refractivity contribution in [1.29, 1.82) is 0 Å². The molecule has 1 saturated heterocycles. The molecule has 5 nitrogen and oxygen atoms in total. The van der Waals surface area contributed by atoms with Gasteiger partial charge in [-0.25, -0.2) is 9.97 Å². The Kier molecular flexibility index (Phi) is 3.78. The van der Waals surface area contributed by atoms with Crippen LogP contribution in [0.15, 0.2) is 12.4 Å². The maximum Gasteiger partial charge on any atom is 0.171 e.